The molecule has 1 aromatic heterocycles. The molecule has 0 aliphatic heterocycles. The van der Waals surface area contributed by atoms with Crippen molar-refractivity contribution in [3.8, 4) is 0 Å². The average molecular weight is 280 g/mol. The van der Waals surface area contributed by atoms with E-state index in [1.54, 1.807) is 0 Å². The van der Waals surface area contributed by atoms with Crippen molar-refractivity contribution in [2.75, 3.05) is 13.1 Å². The van der Waals surface area contributed by atoms with Crippen molar-refractivity contribution in [3.05, 3.63) is 21.9 Å². The van der Waals surface area contributed by atoms with Crippen molar-refractivity contribution in [2.24, 2.45) is 11.7 Å². The van der Waals surface area contributed by atoms with Gasteiger partial charge in [-0.3, -0.25) is 4.90 Å². The molecule has 108 valence electrons. The highest BCUT2D eigenvalue weighted by atomic mass is 32.1. The summed E-state index contributed by atoms with van der Waals surface area (Å²) in [7, 11) is 0. The van der Waals surface area contributed by atoms with Crippen molar-refractivity contribution in [1.29, 1.82) is 0 Å². The van der Waals surface area contributed by atoms with Crippen LogP contribution in [0.25, 0.3) is 0 Å². The maximum atomic E-state index is 6.12. The van der Waals surface area contributed by atoms with Crippen LogP contribution in [0.3, 0.4) is 0 Å². The van der Waals surface area contributed by atoms with Crippen molar-refractivity contribution >= 4 is 11.3 Å². The summed E-state index contributed by atoms with van der Waals surface area (Å²) in [6, 6.07) is 5.67. The highest BCUT2D eigenvalue weighted by molar-refractivity contribution is 7.12. The Balaban J connectivity index is 2.18. The molecular formula is C16H28N2S. The normalized spacial score (nSPS) is 18.6. The van der Waals surface area contributed by atoms with E-state index >= 15 is 0 Å². The minimum atomic E-state index is 0.421. The van der Waals surface area contributed by atoms with Crippen LogP contribution in [0.5, 0.6) is 0 Å². The molecule has 0 spiro atoms. The Morgan fingerprint density at radius 1 is 1.32 bits per heavy atom. The van der Waals surface area contributed by atoms with Gasteiger partial charge in [-0.25, -0.2) is 0 Å². The Kier molecular flexibility index (Phi) is 5.43. The third kappa shape index (κ3) is 3.80. The first-order chi connectivity index (χ1) is 9.11. The van der Waals surface area contributed by atoms with Crippen LogP contribution < -0.4 is 5.73 Å². The predicted molar refractivity (Wildman–Crippen MR) is 84.7 cm³/mol. The average Bonchev–Trinajstić information content (AvgIpc) is 2.99. The summed E-state index contributed by atoms with van der Waals surface area (Å²) in [5.74, 6) is 0.704. The van der Waals surface area contributed by atoms with Gasteiger partial charge < -0.3 is 5.73 Å². The first kappa shape index (κ1) is 15.0. The summed E-state index contributed by atoms with van der Waals surface area (Å²) in [5.41, 5.74) is 6.12. The van der Waals surface area contributed by atoms with E-state index in [9.17, 15) is 0 Å². The van der Waals surface area contributed by atoms with Crippen molar-refractivity contribution in [2.45, 2.75) is 58.5 Å². The molecule has 1 aliphatic carbocycles. The van der Waals surface area contributed by atoms with Gasteiger partial charge in [0.2, 0.25) is 0 Å². The van der Waals surface area contributed by atoms with E-state index in [2.05, 4.69) is 37.8 Å². The molecule has 2 nitrogen and oxygen atoms in total. The number of hydrogen-bond donors (Lipinski definition) is 1. The van der Waals surface area contributed by atoms with E-state index in [1.165, 1.54) is 42.0 Å². The summed E-state index contributed by atoms with van der Waals surface area (Å²) in [4.78, 5) is 5.54. The van der Waals surface area contributed by atoms with Crippen LogP contribution in [0.2, 0.25) is 0 Å². The van der Waals surface area contributed by atoms with E-state index in [0.29, 0.717) is 12.0 Å². The van der Waals surface area contributed by atoms with Gasteiger partial charge in [0.05, 0.1) is 6.04 Å². The first-order valence-corrected chi connectivity index (χ1v) is 8.45. The van der Waals surface area contributed by atoms with Crippen LogP contribution in [-0.4, -0.2) is 24.0 Å². The van der Waals surface area contributed by atoms with Crippen LogP contribution in [0.4, 0.5) is 0 Å². The van der Waals surface area contributed by atoms with E-state index in [-0.39, 0.29) is 0 Å². The Hall–Kier alpha value is -0.380. The molecule has 1 unspecified atom stereocenters. The van der Waals surface area contributed by atoms with Crippen LogP contribution >= 0.6 is 11.3 Å². The zero-order valence-electron chi connectivity index (χ0n) is 12.6. The standard InChI is InChI=1S/C16H28N2S/c1-12(2)11-18(14-6-4-5-7-14)15(10-17)16-9-8-13(3)19-16/h8-9,12,14-15H,4-7,10-11,17H2,1-3H3. The van der Waals surface area contributed by atoms with E-state index < -0.39 is 0 Å². The highest BCUT2D eigenvalue weighted by Gasteiger charge is 2.29. The number of thiophene rings is 1. The van der Waals surface area contributed by atoms with E-state index in [4.69, 9.17) is 5.73 Å². The lowest BCUT2D eigenvalue weighted by molar-refractivity contribution is 0.123. The van der Waals surface area contributed by atoms with Gasteiger partial charge in [-0.05, 0) is 37.8 Å². The van der Waals surface area contributed by atoms with Crippen molar-refractivity contribution < 1.29 is 0 Å². The molecule has 1 atom stereocenters. The van der Waals surface area contributed by atoms with Gasteiger partial charge >= 0.3 is 0 Å². The first-order valence-electron chi connectivity index (χ1n) is 7.64. The zero-order chi connectivity index (χ0) is 13.8. The molecule has 2 rings (SSSR count). The largest absolute Gasteiger partial charge is 0.329 e. The molecule has 1 heterocycles. The van der Waals surface area contributed by atoms with Crippen LogP contribution in [0.15, 0.2) is 12.1 Å². The lowest BCUT2D eigenvalue weighted by atomic mass is 10.1. The van der Waals surface area contributed by atoms with Crippen LogP contribution in [0.1, 0.15) is 55.3 Å². The molecule has 3 heteroatoms. The highest BCUT2D eigenvalue weighted by Crippen LogP contribution is 2.34. The fourth-order valence-corrected chi connectivity index (χ4v) is 4.25. The second-order valence-electron chi connectivity index (χ2n) is 6.23. The van der Waals surface area contributed by atoms with E-state index in [1.807, 2.05) is 11.3 Å². The van der Waals surface area contributed by atoms with Gasteiger partial charge in [0.1, 0.15) is 0 Å². The Labute approximate surface area is 122 Å². The summed E-state index contributed by atoms with van der Waals surface area (Å²) >= 11 is 1.91. The number of aryl methyl sites for hydroxylation is 1. The summed E-state index contributed by atoms with van der Waals surface area (Å²) < 4.78 is 0. The summed E-state index contributed by atoms with van der Waals surface area (Å²) in [5, 5.41) is 0. The zero-order valence-corrected chi connectivity index (χ0v) is 13.4. The monoisotopic (exact) mass is 280 g/mol. The van der Waals surface area contributed by atoms with Gasteiger partial charge in [-0.2, -0.15) is 0 Å². The lowest BCUT2D eigenvalue weighted by Gasteiger charge is -2.36. The quantitative estimate of drug-likeness (QED) is 0.854. The maximum Gasteiger partial charge on any atom is 0.0566 e. The van der Waals surface area contributed by atoms with Crippen molar-refractivity contribution in [3.63, 3.8) is 0 Å². The fourth-order valence-electron chi connectivity index (χ4n) is 3.24. The maximum absolute atomic E-state index is 6.12. The molecule has 0 amide bonds. The molecule has 1 fully saturated rings. The minimum Gasteiger partial charge on any atom is -0.329 e. The smallest absolute Gasteiger partial charge is 0.0566 e. The Morgan fingerprint density at radius 3 is 2.47 bits per heavy atom. The number of hydrogen-bond acceptors (Lipinski definition) is 3. The van der Waals surface area contributed by atoms with Gasteiger partial charge in [-0.1, -0.05) is 26.7 Å². The summed E-state index contributed by atoms with van der Waals surface area (Å²) in [6.07, 6.45) is 5.49. The SMILES string of the molecule is Cc1ccc(C(CN)N(CC(C)C)C2CCCC2)s1. The third-order valence-electron chi connectivity index (χ3n) is 4.08. The Bertz CT molecular complexity index is 380. The Morgan fingerprint density at radius 2 is 2.00 bits per heavy atom. The van der Waals surface area contributed by atoms with Gasteiger partial charge in [0, 0.05) is 28.9 Å². The number of nitrogens with zero attached hydrogens (tertiary/aromatic N) is 1. The minimum absolute atomic E-state index is 0.421. The second kappa shape index (κ2) is 6.87. The molecule has 19 heavy (non-hydrogen) atoms. The molecule has 2 N–H and O–H groups in total. The topological polar surface area (TPSA) is 29.3 Å². The molecule has 0 bridgehead atoms. The molecule has 1 aliphatic rings. The number of nitrogens with two attached hydrogens (primary N) is 1. The predicted octanol–water partition coefficient (Wildman–Crippen LogP) is 3.96. The van der Waals surface area contributed by atoms with Crippen molar-refractivity contribution in [1.82, 2.24) is 4.90 Å². The van der Waals surface area contributed by atoms with E-state index in [0.717, 1.165) is 12.6 Å². The third-order valence-corrected chi connectivity index (χ3v) is 5.18. The van der Waals surface area contributed by atoms with Crippen LogP contribution in [-0.2, 0) is 0 Å². The van der Waals surface area contributed by atoms with Gasteiger partial charge in [0.15, 0.2) is 0 Å². The fraction of sp³-hybridized carbons (Fsp3) is 0.750. The lowest BCUT2D eigenvalue weighted by Crippen LogP contribution is -2.42. The molecule has 0 aromatic carbocycles. The summed E-state index contributed by atoms with van der Waals surface area (Å²) in [6.45, 7) is 8.72. The molecule has 1 aromatic rings. The number of rotatable bonds is 6. The molecule has 1 saturated carbocycles. The molecule has 0 radical (unpaired) electrons. The molecular weight excluding hydrogens is 252 g/mol. The molecule has 0 saturated heterocycles. The second-order valence-corrected chi connectivity index (χ2v) is 7.55. The van der Waals surface area contributed by atoms with Gasteiger partial charge in [0.25, 0.3) is 0 Å². The van der Waals surface area contributed by atoms with Crippen LogP contribution in [0, 0.1) is 12.8 Å². The van der Waals surface area contributed by atoms with Gasteiger partial charge in [-0.15, -0.1) is 11.3 Å².